The molecule has 0 bridgehead atoms. The zero-order chi connectivity index (χ0) is 10.7. The van der Waals surface area contributed by atoms with Crippen LogP contribution in [0.15, 0.2) is 0 Å². The fourth-order valence-electron chi connectivity index (χ4n) is 2.63. The first kappa shape index (κ1) is 10.9. The smallest absolute Gasteiger partial charge is 0.0656 e. The van der Waals surface area contributed by atoms with Gasteiger partial charge in [0.25, 0.3) is 0 Å². The van der Waals surface area contributed by atoms with E-state index >= 15 is 0 Å². The number of nitrogens with zero attached hydrogens (tertiary/aromatic N) is 2. The van der Waals surface area contributed by atoms with Gasteiger partial charge in [-0.1, -0.05) is 0 Å². The third-order valence-electron chi connectivity index (χ3n) is 3.81. The first-order chi connectivity index (χ1) is 7.31. The van der Waals surface area contributed by atoms with Crippen molar-refractivity contribution in [2.75, 3.05) is 26.7 Å². The Morgan fingerprint density at radius 1 is 1.33 bits per heavy atom. The van der Waals surface area contributed by atoms with Gasteiger partial charge in [-0.05, 0) is 44.7 Å². The largest absolute Gasteiger partial charge is 0.381 e. The molecule has 0 aromatic rings. The van der Waals surface area contributed by atoms with Crippen LogP contribution < -0.4 is 0 Å². The summed E-state index contributed by atoms with van der Waals surface area (Å²) >= 11 is 0. The lowest BCUT2D eigenvalue weighted by atomic mass is 9.81. The number of likely N-dealkylation sites (tertiary alicyclic amines) is 1. The highest BCUT2D eigenvalue weighted by atomic mass is 16.5. The number of nitriles is 1. The average Bonchev–Trinajstić information content (AvgIpc) is 2.23. The van der Waals surface area contributed by atoms with Crippen molar-refractivity contribution in [2.45, 2.75) is 31.8 Å². The second-order valence-corrected chi connectivity index (χ2v) is 4.90. The second-order valence-electron chi connectivity index (χ2n) is 4.90. The molecule has 0 unspecified atom stereocenters. The summed E-state index contributed by atoms with van der Waals surface area (Å²) < 4.78 is 5.28. The average molecular weight is 208 g/mol. The summed E-state index contributed by atoms with van der Waals surface area (Å²) in [5, 5.41) is 8.80. The Hall–Kier alpha value is -0.590. The Balaban J connectivity index is 1.64. The van der Waals surface area contributed by atoms with Gasteiger partial charge in [0.15, 0.2) is 0 Å². The predicted octanol–water partition coefficient (Wildman–Crippen LogP) is 1.65. The Morgan fingerprint density at radius 2 is 2.00 bits per heavy atom. The van der Waals surface area contributed by atoms with E-state index < -0.39 is 0 Å². The molecule has 1 aliphatic carbocycles. The van der Waals surface area contributed by atoms with Gasteiger partial charge in [0.05, 0.1) is 12.2 Å². The molecule has 1 heterocycles. The number of hydrogen-bond acceptors (Lipinski definition) is 3. The van der Waals surface area contributed by atoms with Gasteiger partial charge in [-0.25, -0.2) is 0 Å². The molecule has 3 nitrogen and oxygen atoms in total. The normalized spacial score (nSPS) is 33.3. The van der Waals surface area contributed by atoms with Gasteiger partial charge >= 0.3 is 0 Å². The van der Waals surface area contributed by atoms with E-state index in [9.17, 15) is 0 Å². The van der Waals surface area contributed by atoms with Crippen molar-refractivity contribution in [3.05, 3.63) is 0 Å². The number of rotatable bonds is 3. The molecule has 0 radical (unpaired) electrons. The topological polar surface area (TPSA) is 36.3 Å². The van der Waals surface area contributed by atoms with Crippen molar-refractivity contribution in [3.63, 3.8) is 0 Å². The van der Waals surface area contributed by atoms with Crippen LogP contribution >= 0.6 is 0 Å². The Morgan fingerprint density at radius 3 is 2.53 bits per heavy atom. The molecule has 2 rings (SSSR count). The minimum atomic E-state index is 0.314. The van der Waals surface area contributed by atoms with Gasteiger partial charge in [-0.15, -0.1) is 0 Å². The second kappa shape index (κ2) is 4.96. The standard InChI is InChI=1S/C12H20N2O/c1-15-12-6-11(7-12)9-14-4-2-10(8-13)3-5-14/h10-12H,2-7,9H2,1H3. The maximum absolute atomic E-state index is 8.80. The van der Waals surface area contributed by atoms with Gasteiger partial charge < -0.3 is 9.64 Å². The van der Waals surface area contributed by atoms with Crippen LogP contribution in [0.4, 0.5) is 0 Å². The molecule has 1 saturated heterocycles. The van der Waals surface area contributed by atoms with Crippen LogP contribution in [0.2, 0.25) is 0 Å². The van der Waals surface area contributed by atoms with Crippen molar-refractivity contribution in [3.8, 4) is 6.07 Å². The molecule has 0 aromatic carbocycles. The highest BCUT2D eigenvalue weighted by molar-refractivity contribution is 4.89. The number of hydrogen-bond donors (Lipinski definition) is 0. The van der Waals surface area contributed by atoms with Gasteiger partial charge in [0.2, 0.25) is 0 Å². The molecule has 84 valence electrons. The van der Waals surface area contributed by atoms with Crippen LogP contribution in [0.5, 0.6) is 0 Å². The van der Waals surface area contributed by atoms with Crippen LogP contribution in [-0.4, -0.2) is 37.7 Å². The van der Waals surface area contributed by atoms with E-state index in [4.69, 9.17) is 10.00 Å². The van der Waals surface area contributed by atoms with E-state index in [1.807, 2.05) is 0 Å². The Bertz CT molecular complexity index is 234. The number of methoxy groups -OCH3 is 1. The molecule has 1 saturated carbocycles. The molecule has 0 aromatic heterocycles. The van der Waals surface area contributed by atoms with Crippen molar-refractivity contribution < 1.29 is 4.74 Å². The van der Waals surface area contributed by atoms with E-state index in [0.29, 0.717) is 12.0 Å². The van der Waals surface area contributed by atoms with Crippen LogP contribution in [0.3, 0.4) is 0 Å². The molecular formula is C12H20N2O. The third kappa shape index (κ3) is 2.70. The zero-order valence-corrected chi connectivity index (χ0v) is 9.48. The minimum absolute atomic E-state index is 0.314. The van der Waals surface area contributed by atoms with E-state index in [2.05, 4.69) is 11.0 Å². The Labute approximate surface area is 92.0 Å². The maximum Gasteiger partial charge on any atom is 0.0656 e. The summed E-state index contributed by atoms with van der Waals surface area (Å²) in [5.41, 5.74) is 0. The van der Waals surface area contributed by atoms with Crippen LogP contribution in [0, 0.1) is 23.2 Å². The highest BCUT2D eigenvalue weighted by Crippen LogP contribution is 2.31. The molecule has 2 aliphatic rings. The van der Waals surface area contributed by atoms with Gasteiger partial charge in [0, 0.05) is 19.6 Å². The molecule has 0 N–H and O–H groups in total. The van der Waals surface area contributed by atoms with E-state index in [1.54, 1.807) is 7.11 Å². The molecule has 1 aliphatic heterocycles. The lowest BCUT2D eigenvalue weighted by molar-refractivity contribution is -0.0134. The van der Waals surface area contributed by atoms with E-state index in [0.717, 1.165) is 31.8 Å². The fourth-order valence-corrected chi connectivity index (χ4v) is 2.63. The molecule has 0 atom stereocenters. The van der Waals surface area contributed by atoms with Crippen LogP contribution in [-0.2, 0) is 4.74 Å². The highest BCUT2D eigenvalue weighted by Gasteiger charge is 2.31. The predicted molar refractivity (Wildman–Crippen MR) is 58.3 cm³/mol. The monoisotopic (exact) mass is 208 g/mol. The Kier molecular flexibility index (Phi) is 3.61. The summed E-state index contributed by atoms with van der Waals surface area (Å²) in [7, 11) is 1.80. The molecule has 0 amide bonds. The van der Waals surface area contributed by atoms with E-state index in [-0.39, 0.29) is 0 Å². The SMILES string of the molecule is COC1CC(CN2CCC(C#N)CC2)C1. The summed E-state index contributed by atoms with van der Waals surface area (Å²) in [4.78, 5) is 2.52. The summed E-state index contributed by atoms with van der Waals surface area (Å²) in [6, 6.07) is 2.38. The van der Waals surface area contributed by atoms with Gasteiger partial charge in [0.1, 0.15) is 0 Å². The molecule has 3 heteroatoms. The van der Waals surface area contributed by atoms with Crippen LogP contribution in [0.25, 0.3) is 0 Å². The fraction of sp³-hybridized carbons (Fsp3) is 0.917. The van der Waals surface area contributed by atoms with Crippen LogP contribution in [0.1, 0.15) is 25.7 Å². The number of piperidine rings is 1. The summed E-state index contributed by atoms with van der Waals surface area (Å²) in [5.74, 6) is 1.16. The van der Waals surface area contributed by atoms with Crippen molar-refractivity contribution in [1.82, 2.24) is 4.90 Å². The third-order valence-corrected chi connectivity index (χ3v) is 3.81. The summed E-state index contributed by atoms with van der Waals surface area (Å²) in [6.07, 6.45) is 5.11. The minimum Gasteiger partial charge on any atom is -0.381 e. The molecule has 2 fully saturated rings. The quantitative estimate of drug-likeness (QED) is 0.707. The first-order valence-corrected chi connectivity index (χ1v) is 5.96. The van der Waals surface area contributed by atoms with Crippen molar-refractivity contribution in [1.29, 1.82) is 5.26 Å². The summed E-state index contributed by atoms with van der Waals surface area (Å²) in [6.45, 7) is 3.46. The lowest BCUT2D eigenvalue weighted by Crippen LogP contribution is -2.42. The van der Waals surface area contributed by atoms with E-state index in [1.165, 1.54) is 19.4 Å². The molecular weight excluding hydrogens is 188 g/mol. The van der Waals surface area contributed by atoms with Gasteiger partial charge in [-0.3, -0.25) is 0 Å². The lowest BCUT2D eigenvalue weighted by Gasteiger charge is -2.39. The number of ether oxygens (including phenoxy) is 1. The molecule has 15 heavy (non-hydrogen) atoms. The zero-order valence-electron chi connectivity index (χ0n) is 9.48. The van der Waals surface area contributed by atoms with Gasteiger partial charge in [-0.2, -0.15) is 5.26 Å². The van der Waals surface area contributed by atoms with Crippen molar-refractivity contribution in [2.24, 2.45) is 11.8 Å². The maximum atomic E-state index is 8.80. The first-order valence-electron chi connectivity index (χ1n) is 5.96. The van der Waals surface area contributed by atoms with Crippen molar-refractivity contribution >= 4 is 0 Å². The molecule has 0 spiro atoms.